The van der Waals surface area contributed by atoms with Gasteiger partial charge in [-0.05, 0) is 50.7 Å². The number of rotatable bonds is 6. The molecule has 2 aromatic heterocycles. The van der Waals surface area contributed by atoms with Crippen LogP contribution in [0.15, 0.2) is 18.3 Å². The van der Waals surface area contributed by atoms with Crippen LogP contribution in [-0.2, 0) is 9.53 Å². The first-order chi connectivity index (χ1) is 16.9. The molecule has 12 heteroatoms. The molecule has 0 radical (unpaired) electrons. The maximum atomic E-state index is 14.8. The van der Waals surface area contributed by atoms with E-state index in [1.165, 1.54) is 12.1 Å². The van der Waals surface area contributed by atoms with Crippen molar-refractivity contribution in [3.63, 3.8) is 0 Å². The number of aromatic nitrogens is 4. The van der Waals surface area contributed by atoms with Gasteiger partial charge in [0, 0.05) is 31.2 Å². The molecule has 186 valence electrons. The second-order valence-corrected chi connectivity index (χ2v) is 9.78. The molecular formula is C23H26Cl2FN7O2. The van der Waals surface area contributed by atoms with E-state index in [2.05, 4.69) is 20.6 Å². The average Bonchev–Trinajstić information content (AvgIpc) is 3.22. The Morgan fingerprint density at radius 2 is 1.86 bits per heavy atom. The minimum atomic E-state index is -0.664. The molecule has 3 aromatic rings. The van der Waals surface area contributed by atoms with E-state index >= 15 is 0 Å². The Balaban J connectivity index is 1.51. The van der Waals surface area contributed by atoms with Crippen molar-refractivity contribution >= 4 is 57.9 Å². The van der Waals surface area contributed by atoms with Crippen molar-refractivity contribution in [2.24, 2.45) is 11.7 Å². The lowest BCUT2D eigenvalue weighted by Crippen LogP contribution is -2.29. The summed E-state index contributed by atoms with van der Waals surface area (Å²) in [5.74, 6) is -0.171. The summed E-state index contributed by atoms with van der Waals surface area (Å²) in [6, 6.07) is 3.26. The van der Waals surface area contributed by atoms with Crippen molar-refractivity contribution in [3.05, 3.63) is 34.2 Å². The number of amides is 1. The highest BCUT2D eigenvalue weighted by Gasteiger charge is 2.29. The molecule has 1 saturated heterocycles. The molecule has 0 spiro atoms. The Morgan fingerprint density at radius 3 is 2.57 bits per heavy atom. The number of nitrogens with one attached hydrogen (secondary N) is 2. The van der Waals surface area contributed by atoms with E-state index in [0.717, 1.165) is 12.8 Å². The zero-order valence-corrected chi connectivity index (χ0v) is 20.4. The SMILES string of the molecule is NC(=O)[C@H]1CC[C@H](n2c(Nc3ccc(Cl)c(Cl)c3F)nc3cnc(NC4CCOCC4)nc32)CC1. The maximum absolute atomic E-state index is 14.8. The third-order valence-electron chi connectivity index (χ3n) is 6.73. The number of primary amides is 1. The highest BCUT2D eigenvalue weighted by molar-refractivity contribution is 6.42. The molecule has 35 heavy (non-hydrogen) atoms. The van der Waals surface area contributed by atoms with Crippen molar-refractivity contribution in [1.29, 1.82) is 0 Å². The average molecular weight is 522 g/mol. The van der Waals surface area contributed by atoms with Crippen LogP contribution < -0.4 is 16.4 Å². The van der Waals surface area contributed by atoms with Crippen LogP contribution in [0.2, 0.25) is 10.0 Å². The number of anilines is 3. The summed E-state index contributed by atoms with van der Waals surface area (Å²) in [4.78, 5) is 25.6. The summed E-state index contributed by atoms with van der Waals surface area (Å²) in [6.07, 6.45) is 6.17. The van der Waals surface area contributed by atoms with E-state index in [1.54, 1.807) is 6.20 Å². The summed E-state index contributed by atoms with van der Waals surface area (Å²) in [7, 11) is 0. The van der Waals surface area contributed by atoms with Gasteiger partial charge in [-0.15, -0.1) is 0 Å². The number of nitrogens with two attached hydrogens (primary N) is 1. The fourth-order valence-corrected chi connectivity index (χ4v) is 5.09. The van der Waals surface area contributed by atoms with Gasteiger partial charge in [0.2, 0.25) is 17.8 Å². The Labute approximate surface area is 211 Å². The van der Waals surface area contributed by atoms with Crippen molar-refractivity contribution in [1.82, 2.24) is 19.5 Å². The van der Waals surface area contributed by atoms with E-state index in [-0.39, 0.29) is 39.6 Å². The van der Waals surface area contributed by atoms with Gasteiger partial charge in [-0.3, -0.25) is 9.36 Å². The second-order valence-electron chi connectivity index (χ2n) is 8.99. The molecule has 5 rings (SSSR count). The first-order valence-corrected chi connectivity index (χ1v) is 12.5. The van der Waals surface area contributed by atoms with Crippen molar-refractivity contribution in [2.75, 3.05) is 23.8 Å². The number of carbonyl (C=O) groups is 1. The Bertz CT molecular complexity index is 1240. The van der Waals surface area contributed by atoms with E-state index in [4.69, 9.17) is 38.7 Å². The van der Waals surface area contributed by atoms with Crippen LogP contribution in [0.1, 0.15) is 44.6 Å². The molecule has 1 aliphatic carbocycles. The monoisotopic (exact) mass is 521 g/mol. The summed E-state index contributed by atoms with van der Waals surface area (Å²) < 4.78 is 22.2. The minimum Gasteiger partial charge on any atom is -0.381 e. The van der Waals surface area contributed by atoms with Crippen LogP contribution in [0.25, 0.3) is 11.2 Å². The number of hydrogen-bond donors (Lipinski definition) is 3. The molecule has 2 aliphatic rings. The molecule has 2 fully saturated rings. The Morgan fingerprint density at radius 1 is 1.11 bits per heavy atom. The summed E-state index contributed by atoms with van der Waals surface area (Å²) >= 11 is 12.0. The molecule has 9 nitrogen and oxygen atoms in total. The molecule has 1 saturated carbocycles. The maximum Gasteiger partial charge on any atom is 0.224 e. The largest absolute Gasteiger partial charge is 0.381 e. The van der Waals surface area contributed by atoms with Gasteiger partial charge in [-0.25, -0.2) is 14.4 Å². The number of carbonyl (C=O) groups excluding carboxylic acids is 1. The molecule has 0 atom stereocenters. The van der Waals surface area contributed by atoms with Gasteiger partial charge in [0.1, 0.15) is 5.52 Å². The predicted molar refractivity (Wildman–Crippen MR) is 133 cm³/mol. The third kappa shape index (κ3) is 5.00. The highest BCUT2D eigenvalue weighted by Crippen LogP contribution is 2.38. The van der Waals surface area contributed by atoms with Crippen molar-refractivity contribution in [3.8, 4) is 0 Å². The van der Waals surface area contributed by atoms with E-state index < -0.39 is 5.82 Å². The summed E-state index contributed by atoms with van der Waals surface area (Å²) in [6.45, 7) is 1.40. The van der Waals surface area contributed by atoms with Crippen LogP contribution in [0.5, 0.6) is 0 Å². The van der Waals surface area contributed by atoms with Gasteiger partial charge >= 0.3 is 0 Å². The standard InChI is InChI=1S/C23H26Cl2FN7O2/c24-15-5-6-16(19(26)18(15)25)30-23-31-17-11-28-22(29-13-7-9-35-10-8-13)32-21(17)33(23)14-3-1-12(2-4-14)20(27)34/h5-6,11-14H,1-4,7-10H2,(H2,27,34)(H,30,31)(H,28,29,32)/t12-,14-. The quantitative estimate of drug-likeness (QED) is 0.397. The topological polar surface area (TPSA) is 120 Å². The Kier molecular flexibility index (Phi) is 6.95. The number of nitrogens with zero attached hydrogens (tertiary/aromatic N) is 4. The van der Waals surface area contributed by atoms with Crippen LogP contribution in [0.4, 0.5) is 22.0 Å². The first kappa shape index (κ1) is 24.0. The van der Waals surface area contributed by atoms with Crippen LogP contribution in [-0.4, -0.2) is 44.7 Å². The molecule has 0 unspecified atom stereocenters. The lowest BCUT2D eigenvalue weighted by atomic mass is 9.85. The number of ether oxygens (including phenoxy) is 1. The van der Waals surface area contributed by atoms with Crippen molar-refractivity contribution < 1.29 is 13.9 Å². The fourth-order valence-electron chi connectivity index (χ4n) is 4.78. The molecule has 1 aliphatic heterocycles. The fraction of sp³-hybridized carbons (Fsp3) is 0.478. The van der Waals surface area contributed by atoms with Crippen LogP contribution in [0.3, 0.4) is 0 Å². The molecule has 0 bridgehead atoms. The second kappa shape index (κ2) is 10.1. The zero-order chi connectivity index (χ0) is 24.5. The van der Waals surface area contributed by atoms with Gasteiger partial charge in [-0.1, -0.05) is 23.2 Å². The van der Waals surface area contributed by atoms with E-state index in [1.807, 2.05) is 4.57 Å². The third-order valence-corrected chi connectivity index (χ3v) is 7.51. The summed E-state index contributed by atoms with van der Waals surface area (Å²) in [5.41, 5.74) is 6.88. The van der Waals surface area contributed by atoms with Crippen molar-refractivity contribution in [2.45, 2.75) is 50.6 Å². The van der Waals surface area contributed by atoms with Gasteiger partial charge in [0.15, 0.2) is 11.5 Å². The molecule has 1 amide bonds. The molecule has 4 N–H and O–H groups in total. The molecular weight excluding hydrogens is 496 g/mol. The minimum absolute atomic E-state index is 0.00485. The highest BCUT2D eigenvalue weighted by atomic mass is 35.5. The Hall–Kier alpha value is -2.69. The van der Waals surface area contributed by atoms with Gasteiger partial charge < -0.3 is 21.1 Å². The van der Waals surface area contributed by atoms with Gasteiger partial charge in [-0.2, -0.15) is 4.98 Å². The number of imidazole rings is 1. The normalized spacial score (nSPS) is 21.2. The van der Waals surface area contributed by atoms with E-state index in [9.17, 15) is 9.18 Å². The first-order valence-electron chi connectivity index (χ1n) is 11.7. The van der Waals surface area contributed by atoms with Gasteiger partial charge in [0.05, 0.1) is 21.9 Å². The smallest absolute Gasteiger partial charge is 0.224 e. The molecule has 3 heterocycles. The summed E-state index contributed by atoms with van der Waals surface area (Å²) in [5, 5.41) is 6.42. The lowest BCUT2D eigenvalue weighted by molar-refractivity contribution is -0.122. The number of hydrogen-bond acceptors (Lipinski definition) is 7. The number of benzene rings is 1. The van der Waals surface area contributed by atoms with Gasteiger partial charge in [0.25, 0.3) is 0 Å². The van der Waals surface area contributed by atoms with E-state index in [0.29, 0.717) is 62.0 Å². The van der Waals surface area contributed by atoms with Crippen LogP contribution >= 0.6 is 23.2 Å². The predicted octanol–water partition coefficient (Wildman–Crippen LogP) is 4.82. The number of fused-ring (bicyclic) bond motifs is 1. The molecule has 1 aromatic carbocycles. The number of halogens is 3. The zero-order valence-electron chi connectivity index (χ0n) is 18.9. The van der Waals surface area contributed by atoms with Crippen LogP contribution in [0, 0.1) is 11.7 Å². The lowest BCUT2D eigenvalue weighted by Gasteiger charge is -2.29.